The van der Waals surface area contributed by atoms with Gasteiger partial charge in [0.2, 0.25) is 0 Å². The molecule has 4 aromatic carbocycles. The molecule has 2 heteroatoms. The van der Waals surface area contributed by atoms with Crippen LogP contribution in [0.4, 0.5) is 5.69 Å². The number of rotatable bonds is 3. The summed E-state index contributed by atoms with van der Waals surface area (Å²) in [6, 6.07) is 32.3. The number of aryl methyl sites for hydroxylation is 1. The average Bonchev–Trinajstić information content (AvgIpc) is 3.08. The highest BCUT2D eigenvalue weighted by atomic mass is 15.0. The molecule has 0 aliphatic heterocycles. The average molecular weight is 362 g/mol. The first-order chi connectivity index (χ1) is 13.8. The molecule has 0 saturated carbocycles. The van der Waals surface area contributed by atoms with Crippen LogP contribution < -0.4 is 5.73 Å². The summed E-state index contributed by atoms with van der Waals surface area (Å²) in [7, 11) is 0. The Kier molecular flexibility index (Phi) is 3.91. The number of anilines is 1. The van der Waals surface area contributed by atoms with Crippen molar-refractivity contribution in [2.24, 2.45) is 0 Å². The maximum Gasteiger partial charge on any atom is 0.0541 e. The van der Waals surface area contributed by atoms with Crippen molar-refractivity contribution in [3.8, 4) is 16.8 Å². The number of hydrogen-bond donors (Lipinski definition) is 1. The van der Waals surface area contributed by atoms with Gasteiger partial charge in [0.1, 0.15) is 0 Å². The normalized spacial score (nSPS) is 11.3. The monoisotopic (exact) mass is 362 g/mol. The molecule has 2 nitrogen and oxygen atoms in total. The van der Waals surface area contributed by atoms with E-state index >= 15 is 0 Å². The first-order valence-corrected chi connectivity index (χ1v) is 9.73. The van der Waals surface area contributed by atoms with Gasteiger partial charge in [-0.2, -0.15) is 0 Å². The van der Waals surface area contributed by atoms with Crippen molar-refractivity contribution in [2.75, 3.05) is 5.73 Å². The van der Waals surface area contributed by atoms with E-state index in [-0.39, 0.29) is 0 Å². The van der Waals surface area contributed by atoms with Gasteiger partial charge in [-0.05, 0) is 65.6 Å². The zero-order valence-electron chi connectivity index (χ0n) is 15.9. The smallest absolute Gasteiger partial charge is 0.0541 e. The van der Waals surface area contributed by atoms with Crippen molar-refractivity contribution < 1.29 is 0 Å². The Hall–Kier alpha value is -3.52. The van der Waals surface area contributed by atoms with E-state index in [0.717, 1.165) is 12.1 Å². The van der Waals surface area contributed by atoms with E-state index in [4.69, 9.17) is 5.73 Å². The maximum atomic E-state index is 6.11. The van der Waals surface area contributed by atoms with Gasteiger partial charge < -0.3 is 10.3 Å². The molecule has 2 N–H and O–H groups in total. The zero-order chi connectivity index (χ0) is 19.1. The third kappa shape index (κ3) is 2.57. The lowest BCUT2D eigenvalue weighted by Crippen LogP contribution is -1.94. The molecule has 0 aliphatic rings. The zero-order valence-corrected chi connectivity index (χ0v) is 15.9. The van der Waals surface area contributed by atoms with Crippen LogP contribution in [0.25, 0.3) is 38.6 Å². The number of para-hydroxylation sites is 2. The minimum atomic E-state index is 0.869. The fourth-order valence-electron chi connectivity index (χ4n) is 4.10. The van der Waals surface area contributed by atoms with Crippen molar-refractivity contribution in [1.29, 1.82) is 0 Å². The van der Waals surface area contributed by atoms with Crippen molar-refractivity contribution >= 4 is 27.5 Å². The van der Waals surface area contributed by atoms with Gasteiger partial charge in [0.15, 0.2) is 0 Å². The summed E-state index contributed by atoms with van der Waals surface area (Å²) in [5, 5.41) is 2.54. The van der Waals surface area contributed by atoms with Gasteiger partial charge in [0.25, 0.3) is 0 Å². The lowest BCUT2D eigenvalue weighted by molar-refractivity contribution is 1.15. The van der Waals surface area contributed by atoms with Crippen molar-refractivity contribution in [1.82, 2.24) is 4.57 Å². The Balaban J connectivity index is 1.79. The van der Waals surface area contributed by atoms with Gasteiger partial charge in [0, 0.05) is 22.1 Å². The van der Waals surface area contributed by atoms with Crippen molar-refractivity contribution in [3.05, 3.63) is 96.6 Å². The molecule has 5 rings (SSSR count). The second-order valence-corrected chi connectivity index (χ2v) is 7.19. The second-order valence-electron chi connectivity index (χ2n) is 7.19. The Morgan fingerprint density at radius 2 is 1.36 bits per heavy atom. The number of benzene rings is 4. The van der Waals surface area contributed by atoms with Gasteiger partial charge >= 0.3 is 0 Å². The predicted octanol–water partition coefficient (Wildman–Crippen LogP) is 6.60. The molecule has 0 radical (unpaired) electrons. The Bertz CT molecular complexity index is 1300. The molecular formula is C26H22N2. The highest BCUT2D eigenvalue weighted by Crippen LogP contribution is 2.35. The summed E-state index contributed by atoms with van der Waals surface area (Å²) in [4.78, 5) is 0. The fourth-order valence-corrected chi connectivity index (χ4v) is 4.10. The number of nitrogens with zero attached hydrogens (tertiary/aromatic N) is 1. The summed E-state index contributed by atoms with van der Waals surface area (Å²) in [5.74, 6) is 0. The molecule has 0 bridgehead atoms. The predicted molar refractivity (Wildman–Crippen MR) is 120 cm³/mol. The number of nitrogen functional groups attached to an aromatic ring is 1. The third-order valence-electron chi connectivity index (χ3n) is 5.54. The van der Waals surface area contributed by atoms with Crippen LogP contribution in [-0.4, -0.2) is 4.57 Å². The molecule has 1 heterocycles. The molecule has 0 saturated heterocycles. The number of hydrogen-bond acceptors (Lipinski definition) is 1. The first-order valence-electron chi connectivity index (χ1n) is 9.73. The molecule has 0 unspecified atom stereocenters. The van der Waals surface area contributed by atoms with Crippen molar-refractivity contribution in [2.45, 2.75) is 13.3 Å². The molecule has 0 amide bonds. The van der Waals surface area contributed by atoms with Gasteiger partial charge in [-0.3, -0.25) is 0 Å². The fraction of sp³-hybridized carbons (Fsp3) is 0.0769. The molecule has 28 heavy (non-hydrogen) atoms. The summed E-state index contributed by atoms with van der Waals surface area (Å²) in [6.07, 6.45) is 0.940. The van der Waals surface area contributed by atoms with Crippen molar-refractivity contribution in [3.63, 3.8) is 0 Å². The van der Waals surface area contributed by atoms with E-state index in [1.54, 1.807) is 0 Å². The van der Waals surface area contributed by atoms with E-state index in [9.17, 15) is 0 Å². The molecule has 0 aliphatic carbocycles. The van der Waals surface area contributed by atoms with E-state index < -0.39 is 0 Å². The summed E-state index contributed by atoms with van der Waals surface area (Å²) >= 11 is 0. The molecule has 0 fully saturated rings. The van der Waals surface area contributed by atoms with Gasteiger partial charge in [-0.1, -0.05) is 55.5 Å². The SMILES string of the molecule is CCc1cc(-c2ccc3c(c2)c2ccccc2n3-c2ccccc2)ccc1N. The van der Waals surface area contributed by atoms with Crippen LogP contribution in [0.3, 0.4) is 0 Å². The van der Waals surface area contributed by atoms with Crippen LogP contribution in [0, 0.1) is 0 Å². The van der Waals surface area contributed by atoms with Gasteiger partial charge in [-0.25, -0.2) is 0 Å². The van der Waals surface area contributed by atoms with E-state index in [2.05, 4.69) is 96.4 Å². The van der Waals surface area contributed by atoms with Crippen LogP contribution in [0.15, 0.2) is 91.0 Å². The quantitative estimate of drug-likeness (QED) is 0.360. The highest BCUT2D eigenvalue weighted by Gasteiger charge is 2.13. The molecule has 136 valence electrons. The van der Waals surface area contributed by atoms with Crippen LogP contribution in [-0.2, 0) is 6.42 Å². The molecular weight excluding hydrogens is 340 g/mol. The molecule has 1 aromatic heterocycles. The molecule has 0 spiro atoms. The number of aromatic nitrogens is 1. The Labute approximate surface area is 164 Å². The Morgan fingerprint density at radius 1 is 0.679 bits per heavy atom. The van der Waals surface area contributed by atoms with Crippen LogP contribution in [0.2, 0.25) is 0 Å². The molecule has 0 atom stereocenters. The standard InChI is InChI=1S/C26H22N2/c1-2-18-16-19(12-14-24(18)27)20-13-15-26-23(17-20)22-10-6-7-11-25(22)28(26)21-8-4-3-5-9-21/h3-17H,2,27H2,1H3. The lowest BCUT2D eigenvalue weighted by Gasteiger charge is -2.09. The minimum absolute atomic E-state index is 0.869. The lowest BCUT2D eigenvalue weighted by atomic mass is 9.99. The summed E-state index contributed by atoms with van der Waals surface area (Å²) in [5.41, 5.74) is 14.2. The highest BCUT2D eigenvalue weighted by molar-refractivity contribution is 6.10. The van der Waals surface area contributed by atoms with E-state index in [1.807, 2.05) is 6.07 Å². The first kappa shape index (κ1) is 16.6. The summed E-state index contributed by atoms with van der Waals surface area (Å²) in [6.45, 7) is 2.14. The van der Waals surface area contributed by atoms with Crippen LogP contribution in [0.5, 0.6) is 0 Å². The number of fused-ring (bicyclic) bond motifs is 3. The van der Waals surface area contributed by atoms with E-state index in [0.29, 0.717) is 0 Å². The maximum absolute atomic E-state index is 6.11. The minimum Gasteiger partial charge on any atom is -0.399 e. The third-order valence-corrected chi connectivity index (χ3v) is 5.54. The summed E-state index contributed by atoms with van der Waals surface area (Å²) < 4.78 is 2.34. The topological polar surface area (TPSA) is 30.9 Å². The van der Waals surface area contributed by atoms with Crippen LogP contribution >= 0.6 is 0 Å². The van der Waals surface area contributed by atoms with Gasteiger partial charge in [0.05, 0.1) is 11.0 Å². The second kappa shape index (κ2) is 6.58. The number of nitrogens with two attached hydrogens (primary N) is 1. The molecule has 5 aromatic rings. The van der Waals surface area contributed by atoms with Gasteiger partial charge in [-0.15, -0.1) is 0 Å². The largest absolute Gasteiger partial charge is 0.399 e. The van der Waals surface area contributed by atoms with Crippen LogP contribution in [0.1, 0.15) is 12.5 Å². The Morgan fingerprint density at radius 3 is 2.18 bits per heavy atom. The van der Waals surface area contributed by atoms with E-state index in [1.165, 1.54) is 44.2 Å².